The predicted molar refractivity (Wildman–Crippen MR) is 246 cm³/mol. The number of fused-ring (bicyclic) bond motifs is 2. The fraction of sp³-hybridized carbons (Fsp3) is 0.302. The Labute approximate surface area is 344 Å². The topological polar surface area (TPSA) is 70.2 Å². The molecule has 5 heteroatoms. The lowest BCUT2D eigenvalue weighted by atomic mass is 9.79. The van der Waals surface area contributed by atoms with Crippen LogP contribution in [0.5, 0.6) is 0 Å². The third-order valence-corrected chi connectivity index (χ3v) is 11.4. The Morgan fingerprint density at radius 2 is 0.707 bits per heavy atom. The summed E-state index contributed by atoms with van der Waals surface area (Å²) in [5.41, 5.74) is 16.1. The summed E-state index contributed by atoms with van der Waals surface area (Å²) in [6.07, 6.45) is 0. The number of H-pyrrole nitrogens is 2. The molecule has 0 aliphatic rings. The lowest BCUT2D eigenvalue weighted by Crippen LogP contribution is -2.16. The third kappa shape index (κ3) is 7.63. The fourth-order valence-electron chi connectivity index (χ4n) is 7.64. The van der Waals surface area contributed by atoms with Gasteiger partial charge in [-0.05, 0) is 122 Å². The molecule has 0 saturated heterocycles. The standard InChI is InChI=1S/C53H57N5/c1-50(2,3)34-25-32(26-35(29-34)51(4,5)6)40-21-23-44(54-40)46-31-47(45-24-22-41(55-45)33-27-36(52(7,8)9)30-37(28-33)53(10,11)12)58-49(57-46)48-38-17-13-15-19-42(38)56-43-20-16-14-18-39(43)48/h13-31,54-55H,1-12H3. The number of aromatic nitrogens is 5. The molecule has 2 N–H and O–H groups in total. The molecule has 0 aliphatic carbocycles. The Morgan fingerprint density at radius 1 is 0.362 bits per heavy atom. The maximum atomic E-state index is 5.38. The van der Waals surface area contributed by atoms with Gasteiger partial charge in [0.05, 0.1) is 33.8 Å². The fourth-order valence-corrected chi connectivity index (χ4v) is 7.64. The Hall–Kier alpha value is -5.81. The number of hydrogen-bond acceptors (Lipinski definition) is 3. The number of rotatable bonds is 5. The van der Waals surface area contributed by atoms with Crippen LogP contribution >= 0.6 is 0 Å². The Bertz CT molecular complexity index is 2570. The van der Waals surface area contributed by atoms with Crippen LogP contribution in [0.4, 0.5) is 0 Å². The first-order valence-electron chi connectivity index (χ1n) is 20.6. The predicted octanol–water partition coefficient (Wildman–Crippen LogP) is 14.4. The minimum absolute atomic E-state index is 0.00917. The van der Waals surface area contributed by atoms with E-state index in [1.165, 1.54) is 33.4 Å². The molecule has 0 amide bonds. The molecule has 0 aliphatic heterocycles. The number of nitrogens with one attached hydrogen (secondary N) is 2. The zero-order valence-electron chi connectivity index (χ0n) is 36.3. The van der Waals surface area contributed by atoms with Crippen LogP contribution in [0.1, 0.15) is 105 Å². The molecule has 294 valence electrons. The van der Waals surface area contributed by atoms with Gasteiger partial charge in [-0.1, -0.05) is 132 Å². The van der Waals surface area contributed by atoms with Gasteiger partial charge in [-0.15, -0.1) is 0 Å². The van der Waals surface area contributed by atoms with E-state index in [-0.39, 0.29) is 21.7 Å². The van der Waals surface area contributed by atoms with Crippen molar-refractivity contribution in [2.45, 2.75) is 105 Å². The first-order chi connectivity index (χ1) is 27.2. The summed E-state index contributed by atoms with van der Waals surface area (Å²) in [5, 5.41) is 2.04. The monoisotopic (exact) mass is 763 g/mol. The Balaban J connectivity index is 1.32. The van der Waals surface area contributed by atoms with Gasteiger partial charge in [0, 0.05) is 27.7 Å². The van der Waals surface area contributed by atoms with Crippen molar-refractivity contribution in [3.8, 4) is 56.7 Å². The van der Waals surface area contributed by atoms with E-state index in [4.69, 9.17) is 15.0 Å². The highest BCUT2D eigenvalue weighted by Crippen LogP contribution is 2.39. The highest BCUT2D eigenvalue weighted by Gasteiger charge is 2.24. The molecule has 4 aromatic carbocycles. The molecule has 8 aromatic rings. The quantitative estimate of drug-likeness (QED) is 0.172. The van der Waals surface area contributed by atoms with E-state index in [0.717, 1.165) is 61.5 Å². The van der Waals surface area contributed by atoms with Crippen LogP contribution < -0.4 is 0 Å². The summed E-state index contributed by atoms with van der Waals surface area (Å²) < 4.78 is 0. The molecule has 0 unspecified atom stereocenters. The van der Waals surface area contributed by atoms with Crippen molar-refractivity contribution in [2.75, 3.05) is 0 Å². The van der Waals surface area contributed by atoms with Crippen LogP contribution in [-0.2, 0) is 21.7 Å². The van der Waals surface area contributed by atoms with E-state index in [0.29, 0.717) is 5.82 Å². The highest BCUT2D eigenvalue weighted by atomic mass is 14.9. The smallest absolute Gasteiger partial charge is 0.161 e. The van der Waals surface area contributed by atoms with Crippen molar-refractivity contribution >= 4 is 21.8 Å². The van der Waals surface area contributed by atoms with Crippen molar-refractivity contribution in [2.24, 2.45) is 0 Å². The molecule has 0 bridgehead atoms. The van der Waals surface area contributed by atoms with E-state index in [1.54, 1.807) is 0 Å². The zero-order chi connectivity index (χ0) is 41.4. The molecule has 4 heterocycles. The normalized spacial score (nSPS) is 12.8. The van der Waals surface area contributed by atoms with Crippen LogP contribution in [0.25, 0.3) is 78.5 Å². The lowest BCUT2D eigenvalue weighted by molar-refractivity contribution is 0.568. The van der Waals surface area contributed by atoms with E-state index in [9.17, 15) is 0 Å². The van der Waals surface area contributed by atoms with Crippen molar-refractivity contribution in [3.05, 3.63) is 138 Å². The van der Waals surface area contributed by atoms with Crippen LogP contribution in [0.2, 0.25) is 0 Å². The maximum absolute atomic E-state index is 5.38. The summed E-state index contributed by atoms with van der Waals surface area (Å²) in [6.45, 7) is 27.4. The summed E-state index contributed by atoms with van der Waals surface area (Å²) >= 11 is 0. The number of nitrogens with zero attached hydrogens (tertiary/aromatic N) is 3. The average molecular weight is 764 g/mol. The van der Waals surface area contributed by atoms with Crippen LogP contribution in [0.3, 0.4) is 0 Å². The van der Waals surface area contributed by atoms with E-state index in [2.05, 4.69) is 196 Å². The van der Waals surface area contributed by atoms with Gasteiger partial charge in [0.15, 0.2) is 5.82 Å². The molecular formula is C53H57N5. The second-order valence-electron chi connectivity index (χ2n) is 20.2. The zero-order valence-corrected chi connectivity index (χ0v) is 36.3. The number of pyridine rings is 1. The SMILES string of the molecule is CC(C)(C)c1cc(-c2ccc(-c3cc(-c4ccc(-c5cc(C(C)(C)C)cc(C(C)(C)C)c5)[nH]4)nc(-c4c5ccccc5nc5ccccc45)n3)[nH]2)cc(C(C)(C)C)c1. The largest absolute Gasteiger partial charge is 0.353 e. The third-order valence-electron chi connectivity index (χ3n) is 11.4. The number of hydrogen-bond donors (Lipinski definition) is 2. The minimum Gasteiger partial charge on any atom is -0.353 e. The van der Waals surface area contributed by atoms with Gasteiger partial charge in [0.2, 0.25) is 0 Å². The van der Waals surface area contributed by atoms with Gasteiger partial charge < -0.3 is 9.97 Å². The molecule has 0 spiro atoms. The van der Waals surface area contributed by atoms with Gasteiger partial charge in [-0.3, -0.25) is 0 Å². The minimum atomic E-state index is 0.00917. The Morgan fingerprint density at radius 3 is 1.07 bits per heavy atom. The van der Waals surface area contributed by atoms with Crippen molar-refractivity contribution in [1.82, 2.24) is 24.9 Å². The molecule has 0 radical (unpaired) electrons. The van der Waals surface area contributed by atoms with Gasteiger partial charge in [-0.2, -0.15) is 0 Å². The number of benzene rings is 4. The molecule has 0 fully saturated rings. The first kappa shape index (κ1) is 39.0. The molecular weight excluding hydrogens is 707 g/mol. The molecule has 8 rings (SSSR count). The average Bonchev–Trinajstić information content (AvgIpc) is 3.87. The van der Waals surface area contributed by atoms with E-state index >= 15 is 0 Å². The molecule has 0 atom stereocenters. The molecule has 58 heavy (non-hydrogen) atoms. The van der Waals surface area contributed by atoms with E-state index in [1.807, 2.05) is 12.1 Å². The van der Waals surface area contributed by atoms with Gasteiger partial charge in [0.1, 0.15) is 0 Å². The summed E-state index contributed by atoms with van der Waals surface area (Å²) in [7, 11) is 0. The summed E-state index contributed by atoms with van der Waals surface area (Å²) in [4.78, 5) is 23.4. The Kier molecular flexibility index (Phi) is 9.38. The van der Waals surface area contributed by atoms with E-state index < -0.39 is 0 Å². The van der Waals surface area contributed by atoms with Crippen LogP contribution in [0.15, 0.2) is 115 Å². The summed E-state index contributed by atoms with van der Waals surface area (Å²) in [6, 6.07) is 41.4. The molecule has 5 nitrogen and oxygen atoms in total. The number of para-hydroxylation sites is 2. The highest BCUT2D eigenvalue weighted by molar-refractivity contribution is 6.08. The van der Waals surface area contributed by atoms with Gasteiger partial charge >= 0.3 is 0 Å². The van der Waals surface area contributed by atoms with Crippen molar-refractivity contribution in [3.63, 3.8) is 0 Å². The molecule has 4 aromatic heterocycles. The second kappa shape index (κ2) is 13.9. The van der Waals surface area contributed by atoms with Crippen molar-refractivity contribution < 1.29 is 0 Å². The van der Waals surface area contributed by atoms with Gasteiger partial charge in [0.25, 0.3) is 0 Å². The van der Waals surface area contributed by atoms with Gasteiger partial charge in [-0.25, -0.2) is 15.0 Å². The van der Waals surface area contributed by atoms with Crippen LogP contribution in [0, 0.1) is 0 Å². The second-order valence-corrected chi connectivity index (χ2v) is 20.2. The first-order valence-corrected chi connectivity index (χ1v) is 20.6. The number of aromatic amines is 2. The lowest BCUT2D eigenvalue weighted by Gasteiger charge is -2.26. The maximum Gasteiger partial charge on any atom is 0.161 e. The van der Waals surface area contributed by atoms with Crippen molar-refractivity contribution in [1.29, 1.82) is 0 Å². The van der Waals surface area contributed by atoms with Crippen LogP contribution in [-0.4, -0.2) is 24.9 Å². The summed E-state index contributed by atoms with van der Waals surface area (Å²) in [5.74, 6) is 0.657. The molecule has 0 saturated carbocycles.